The average molecular weight is 357 g/mol. The molecule has 2 aliphatic rings. The number of amides is 1. The predicted molar refractivity (Wildman–Crippen MR) is 105 cm³/mol. The Morgan fingerprint density at radius 2 is 2.19 bits per heavy atom. The molecular formula is C21H31N3O2. The smallest absolute Gasteiger partial charge is 0.222 e. The molecule has 1 aromatic rings. The zero-order valence-corrected chi connectivity index (χ0v) is 16.1. The van der Waals surface area contributed by atoms with E-state index >= 15 is 0 Å². The van der Waals surface area contributed by atoms with Crippen molar-refractivity contribution in [2.75, 3.05) is 46.3 Å². The molecule has 1 unspecified atom stereocenters. The number of hydrogen-bond acceptors (Lipinski definition) is 4. The lowest BCUT2D eigenvalue weighted by Gasteiger charge is -2.49. The lowest BCUT2D eigenvalue weighted by Crippen LogP contribution is -2.61. The van der Waals surface area contributed by atoms with Crippen LogP contribution in [0.15, 0.2) is 41.0 Å². The highest BCUT2D eigenvalue weighted by molar-refractivity contribution is 5.76. The van der Waals surface area contributed by atoms with Crippen LogP contribution in [0, 0.1) is 0 Å². The summed E-state index contributed by atoms with van der Waals surface area (Å²) in [6, 6.07) is 3.90. The van der Waals surface area contributed by atoms with Crippen LogP contribution in [0.1, 0.15) is 31.9 Å². The largest absolute Gasteiger partial charge is 0.465 e. The molecule has 0 aliphatic carbocycles. The lowest BCUT2D eigenvalue weighted by atomic mass is 9.86. The predicted octanol–water partition coefficient (Wildman–Crippen LogP) is 2.87. The van der Waals surface area contributed by atoms with Crippen molar-refractivity contribution in [3.05, 3.63) is 42.4 Å². The number of likely N-dealkylation sites (N-methyl/N-ethyl adjacent to an activating group) is 1. The number of carbonyl (C=O) groups excluding carboxylic acids is 1. The minimum atomic E-state index is 0.0921. The van der Waals surface area contributed by atoms with Gasteiger partial charge in [-0.15, -0.1) is 6.58 Å². The van der Waals surface area contributed by atoms with Gasteiger partial charge in [-0.3, -0.25) is 14.6 Å². The van der Waals surface area contributed by atoms with Crippen molar-refractivity contribution in [2.45, 2.75) is 31.7 Å². The van der Waals surface area contributed by atoms with Gasteiger partial charge in [-0.05, 0) is 45.0 Å². The Balaban J connectivity index is 1.67. The number of carbonyl (C=O) groups is 1. The third-order valence-corrected chi connectivity index (χ3v) is 5.84. The summed E-state index contributed by atoms with van der Waals surface area (Å²) in [5.41, 5.74) is 1.40. The first kappa shape index (κ1) is 18.9. The molecule has 0 bridgehead atoms. The molecule has 1 spiro atoms. The number of hydrogen-bond donors (Lipinski definition) is 0. The first-order valence-electron chi connectivity index (χ1n) is 9.55. The van der Waals surface area contributed by atoms with E-state index in [0.717, 1.165) is 51.3 Å². The van der Waals surface area contributed by atoms with Crippen LogP contribution in [0.5, 0.6) is 0 Å². The third kappa shape index (κ3) is 4.27. The molecule has 0 aromatic carbocycles. The minimum absolute atomic E-state index is 0.0921. The normalized spacial score (nSPS) is 26.3. The molecule has 1 aromatic heterocycles. The Hall–Kier alpha value is -1.85. The maximum atomic E-state index is 12.4. The second-order valence-corrected chi connectivity index (χ2v) is 7.74. The molecule has 2 fully saturated rings. The van der Waals surface area contributed by atoms with Gasteiger partial charge in [-0.25, -0.2) is 0 Å². The van der Waals surface area contributed by atoms with Crippen LogP contribution >= 0.6 is 0 Å². The van der Waals surface area contributed by atoms with E-state index in [1.54, 1.807) is 6.26 Å². The molecule has 3 rings (SSSR count). The standard InChI is InChI=1S/C21H31N3O2/c1-4-10-24-11-9-21(8-7-20(24)25)17-23(13-12-22(21)3)16-18(2)15-19-6-5-14-26-19/h4-6,14-15H,1,7-13,16-17H2,2-3H3. The van der Waals surface area contributed by atoms with Gasteiger partial charge >= 0.3 is 0 Å². The SMILES string of the molecule is C=CCN1CCC2(CCC1=O)CN(CC(C)=Cc1ccco1)CCN2C. The molecule has 1 amide bonds. The topological polar surface area (TPSA) is 39.9 Å². The molecule has 5 heteroatoms. The lowest BCUT2D eigenvalue weighted by molar-refractivity contribution is -0.130. The van der Waals surface area contributed by atoms with Crippen LogP contribution in [0.25, 0.3) is 6.08 Å². The molecule has 3 heterocycles. The van der Waals surface area contributed by atoms with Gasteiger partial charge in [0.25, 0.3) is 0 Å². The molecule has 0 radical (unpaired) electrons. The van der Waals surface area contributed by atoms with Crippen LogP contribution < -0.4 is 0 Å². The van der Waals surface area contributed by atoms with Crippen LogP contribution in [0.2, 0.25) is 0 Å². The fourth-order valence-electron chi connectivity index (χ4n) is 4.27. The van der Waals surface area contributed by atoms with Gasteiger partial charge in [0.05, 0.1) is 6.26 Å². The summed E-state index contributed by atoms with van der Waals surface area (Å²) in [5.74, 6) is 1.17. The van der Waals surface area contributed by atoms with Gasteiger partial charge in [0.15, 0.2) is 0 Å². The molecule has 26 heavy (non-hydrogen) atoms. The highest BCUT2D eigenvalue weighted by atomic mass is 16.3. The summed E-state index contributed by atoms with van der Waals surface area (Å²) in [6.45, 7) is 11.5. The van der Waals surface area contributed by atoms with E-state index < -0.39 is 0 Å². The molecule has 0 N–H and O–H groups in total. The van der Waals surface area contributed by atoms with Crippen LogP contribution in [-0.4, -0.2) is 72.5 Å². The Kier molecular flexibility index (Phi) is 5.99. The first-order valence-corrected chi connectivity index (χ1v) is 9.55. The van der Waals surface area contributed by atoms with Crippen molar-refractivity contribution in [2.24, 2.45) is 0 Å². The number of rotatable bonds is 5. The van der Waals surface area contributed by atoms with Gasteiger partial charge in [-0.2, -0.15) is 0 Å². The summed E-state index contributed by atoms with van der Waals surface area (Å²) >= 11 is 0. The highest BCUT2D eigenvalue weighted by Gasteiger charge is 2.41. The molecule has 1 atom stereocenters. The minimum Gasteiger partial charge on any atom is -0.465 e. The van der Waals surface area contributed by atoms with Crippen molar-refractivity contribution in [1.82, 2.24) is 14.7 Å². The highest BCUT2D eigenvalue weighted by Crippen LogP contribution is 2.32. The fourth-order valence-corrected chi connectivity index (χ4v) is 4.27. The maximum absolute atomic E-state index is 12.4. The Labute approximate surface area is 156 Å². The summed E-state index contributed by atoms with van der Waals surface area (Å²) in [4.78, 5) is 19.4. The third-order valence-electron chi connectivity index (χ3n) is 5.84. The Bertz CT molecular complexity index is 652. The molecule has 2 aliphatic heterocycles. The fraction of sp³-hybridized carbons (Fsp3) is 0.571. The van der Waals surface area contributed by atoms with E-state index in [1.807, 2.05) is 23.1 Å². The van der Waals surface area contributed by atoms with E-state index in [0.29, 0.717) is 13.0 Å². The van der Waals surface area contributed by atoms with Crippen molar-refractivity contribution in [1.29, 1.82) is 0 Å². The van der Waals surface area contributed by atoms with E-state index in [9.17, 15) is 4.79 Å². The van der Waals surface area contributed by atoms with E-state index in [2.05, 4.69) is 36.4 Å². The van der Waals surface area contributed by atoms with Crippen molar-refractivity contribution in [3.8, 4) is 0 Å². The van der Waals surface area contributed by atoms with E-state index in [1.165, 1.54) is 5.57 Å². The quantitative estimate of drug-likeness (QED) is 0.760. The molecule has 2 saturated heterocycles. The Morgan fingerprint density at radius 3 is 2.92 bits per heavy atom. The number of furan rings is 1. The van der Waals surface area contributed by atoms with Crippen molar-refractivity contribution < 1.29 is 9.21 Å². The summed E-state index contributed by atoms with van der Waals surface area (Å²) < 4.78 is 5.43. The molecular weight excluding hydrogens is 326 g/mol. The molecule has 142 valence electrons. The monoisotopic (exact) mass is 357 g/mol. The Morgan fingerprint density at radius 1 is 1.35 bits per heavy atom. The second kappa shape index (κ2) is 8.23. The maximum Gasteiger partial charge on any atom is 0.222 e. The van der Waals surface area contributed by atoms with E-state index in [-0.39, 0.29) is 11.4 Å². The van der Waals surface area contributed by atoms with Gasteiger partial charge in [0.1, 0.15) is 5.76 Å². The van der Waals surface area contributed by atoms with Crippen molar-refractivity contribution in [3.63, 3.8) is 0 Å². The summed E-state index contributed by atoms with van der Waals surface area (Å²) in [7, 11) is 2.22. The van der Waals surface area contributed by atoms with Gasteiger partial charge in [0, 0.05) is 51.2 Å². The van der Waals surface area contributed by atoms with Crippen LogP contribution in [-0.2, 0) is 4.79 Å². The molecule has 5 nitrogen and oxygen atoms in total. The van der Waals surface area contributed by atoms with Gasteiger partial charge < -0.3 is 9.32 Å². The average Bonchev–Trinajstić information content (AvgIpc) is 3.06. The first-order chi connectivity index (χ1) is 12.5. The van der Waals surface area contributed by atoms with Crippen LogP contribution in [0.4, 0.5) is 0 Å². The number of nitrogens with zero attached hydrogens (tertiary/aromatic N) is 3. The van der Waals surface area contributed by atoms with Crippen molar-refractivity contribution >= 4 is 12.0 Å². The van der Waals surface area contributed by atoms with Gasteiger partial charge in [0.2, 0.25) is 5.91 Å². The zero-order valence-electron chi connectivity index (χ0n) is 16.1. The summed E-state index contributed by atoms with van der Waals surface area (Å²) in [5, 5.41) is 0. The molecule has 0 saturated carbocycles. The number of likely N-dealkylation sites (tertiary alicyclic amines) is 1. The van der Waals surface area contributed by atoms with Crippen LogP contribution in [0.3, 0.4) is 0 Å². The van der Waals surface area contributed by atoms with Gasteiger partial charge in [-0.1, -0.05) is 11.6 Å². The second-order valence-electron chi connectivity index (χ2n) is 7.74. The number of piperazine rings is 1. The zero-order chi connectivity index (χ0) is 18.6. The summed E-state index contributed by atoms with van der Waals surface area (Å²) in [6.07, 6.45) is 8.26. The van der Waals surface area contributed by atoms with E-state index in [4.69, 9.17) is 4.42 Å².